The first-order valence-corrected chi connectivity index (χ1v) is 5.85. The summed E-state index contributed by atoms with van der Waals surface area (Å²) >= 11 is 0. The molecule has 0 aromatic carbocycles. The van der Waals surface area contributed by atoms with Gasteiger partial charge in [-0.1, -0.05) is 6.42 Å². The molecule has 0 amide bonds. The number of quaternary nitrogens is 1. The summed E-state index contributed by atoms with van der Waals surface area (Å²) in [6, 6.07) is -0.723. The van der Waals surface area contributed by atoms with Crippen LogP contribution < -0.4 is 5.73 Å². The first kappa shape index (κ1) is 13.0. The fourth-order valence-electron chi connectivity index (χ4n) is 1.84. The minimum Gasteiger partial charge on any atom is -0.477 e. The Balaban J connectivity index is 2.17. The van der Waals surface area contributed by atoms with E-state index >= 15 is 0 Å². The van der Waals surface area contributed by atoms with Gasteiger partial charge in [0.05, 0.1) is 6.42 Å². The molecule has 1 aliphatic rings. The molecule has 5 heteroatoms. The van der Waals surface area contributed by atoms with Gasteiger partial charge in [0.25, 0.3) is 0 Å². The number of carbonyl (C=O) groups is 2. The van der Waals surface area contributed by atoms with Crippen LogP contribution in [-0.2, 0) is 14.3 Å². The highest BCUT2D eigenvalue weighted by Crippen LogP contribution is 2.20. The number of ether oxygens (including phenoxy) is 1. The van der Waals surface area contributed by atoms with Crippen LogP contribution in [0, 0.1) is 0 Å². The van der Waals surface area contributed by atoms with Gasteiger partial charge in [0, 0.05) is 6.42 Å². The van der Waals surface area contributed by atoms with Crippen molar-refractivity contribution in [1.29, 1.82) is 0 Å². The number of carboxylic acid groups (broad SMARTS) is 1. The minimum absolute atomic E-state index is 0.0503. The third-order valence-electron chi connectivity index (χ3n) is 2.90. The highest BCUT2D eigenvalue weighted by Gasteiger charge is 2.21. The molecule has 92 valence electrons. The van der Waals surface area contributed by atoms with Crippen molar-refractivity contribution in [3.05, 3.63) is 0 Å². The van der Waals surface area contributed by atoms with Crippen molar-refractivity contribution in [2.75, 3.05) is 0 Å². The van der Waals surface area contributed by atoms with Crippen LogP contribution in [0.25, 0.3) is 0 Å². The molecule has 1 atom stereocenters. The van der Waals surface area contributed by atoms with E-state index in [1.165, 1.54) is 6.42 Å². The Bertz CT molecular complexity index is 248. The zero-order valence-electron chi connectivity index (χ0n) is 9.48. The van der Waals surface area contributed by atoms with E-state index in [9.17, 15) is 9.59 Å². The van der Waals surface area contributed by atoms with Gasteiger partial charge in [-0.2, -0.15) is 0 Å². The van der Waals surface area contributed by atoms with Crippen molar-refractivity contribution in [3.63, 3.8) is 0 Å². The van der Waals surface area contributed by atoms with E-state index in [1.54, 1.807) is 0 Å². The monoisotopic (exact) mass is 230 g/mol. The molecule has 1 aliphatic carbocycles. The minimum atomic E-state index is -0.967. The fraction of sp³-hybridized carbons (Fsp3) is 0.818. The second kappa shape index (κ2) is 6.48. The molecule has 1 saturated carbocycles. The highest BCUT2D eigenvalue weighted by molar-refractivity contribution is 5.74. The molecule has 0 bridgehead atoms. The summed E-state index contributed by atoms with van der Waals surface area (Å²) in [5, 5.41) is 8.60. The number of carboxylic acids is 1. The summed E-state index contributed by atoms with van der Waals surface area (Å²) in [6.45, 7) is 0. The summed E-state index contributed by atoms with van der Waals surface area (Å²) in [5.74, 6) is -1.26. The molecule has 0 saturated heterocycles. The average Bonchev–Trinajstić information content (AvgIpc) is 2.27. The van der Waals surface area contributed by atoms with E-state index in [-0.39, 0.29) is 24.9 Å². The Hall–Kier alpha value is -1.10. The van der Waals surface area contributed by atoms with Crippen molar-refractivity contribution in [2.45, 2.75) is 57.1 Å². The Morgan fingerprint density at radius 3 is 2.50 bits per heavy atom. The topological polar surface area (TPSA) is 91.2 Å². The van der Waals surface area contributed by atoms with Gasteiger partial charge in [0.15, 0.2) is 6.04 Å². The maximum atomic E-state index is 11.4. The van der Waals surface area contributed by atoms with Gasteiger partial charge in [0.2, 0.25) is 0 Å². The van der Waals surface area contributed by atoms with E-state index < -0.39 is 12.0 Å². The summed E-state index contributed by atoms with van der Waals surface area (Å²) < 4.78 is 5.26. The molecule has 1 rings (SSSR count). The lowest BCUT2D eigenvalue weighted by molar-refractivity contribution is -0.408. The first-order valence-electron chi connectivity index (χ1n) is 5.85. The van der Waals surface area contributed by atoms with Crippen LogP contribution in [0.15, 0.2) is 0 Å². The number of aliphatic carboxylic acids is 1. The normalized spacial score (nSPS) is 19.1. The van der Waals surface area contributed by atoms with Crippen molar-refractivity contribution in [3.8, 4) is 0 Å². The number of carbonyl (C=O) groups excluding carboxylic acids is 1. The Labute approximate surface area is 95.0 Å². The Morgan fingerprint density at radius 2 is 1.94 bits per heavy atom. The largest absolute Gasteiger partial charge is 0.477 e. The predicted molar refractivity (Wildman–Crippen MR) is 56.5 cm³/mol. The summed E-state index contributed by atoms with van der Waals surface area (Å²) in [7, 11) is 0. The molecule has 0 radical (unpaired) electrons. The summed E-state index contributed by atoms with van der Waals surface area (Å²) in [5.41, 5.74) is 3.45. The number of esters is 1. The van der Waals surface area contributed by atoms with Crippen molar-refractivity contribution < 1.29 is 25.2 Å². The van der Waals surface area contributed by atoms with Crippen LogP contribution in [0.3, 0.4) is 0 Å². The van der Waals surface area contributed by atoms with Crippen LogP contribution in [0.1, 0.15) is 44.9 Å². The molecule has 5 nitrogen and oxygen atoms in total. The maximum absolute atomic E-state index is 11.4. The quantitative estimate of drug-likeness (QED) is 0.666. The van der Waals surface area contributed by atoms with Gasteiger partial charge in [-0.3, -0.25) is 4.79 Å². The zero-order chi connectivity index (χ0) is 12.0. The Morgan fingerprint density at radius 1 is 1.31 bits per heavy atom. The van der Waals surface area contributed by atoms with E-state index in [1.807, 2.05) is 0 Å². The second-order valence-electron chi connectivity index (χ2n) is 4.32. The van der Waals surface area contributed by atoms with E-state index in [4.69, 9.17) is 9.84 Å². The van der Waals surface area contributed by atoms with Crippen LogP contribution in [-0.4, -0.2) is 29.2 Å². The van der Waals surface area contributed by atoms with E-state index in [0.717, 1.165) is 25.7 Å². The van der Waals surface area contributed by atoms with E-state index in [2.05, 4.69) is 5.73 Å². The summed E-state index contributed by atoms with van der Waals surface area (Å²) in [4.78, 5) is 21.9. The third-order valence-corrected chi connectivity index (χ3v) is 2.90. The SMILES string of the molecule is [NH3+]C(CCC(=O)OC1CCCCC1)C(=O)O. The van der Waals surface area contributed by atoms with Gasteiger partial charge < -0.3 is 15.6 Å². The molecule has 0 aromatic rings. The lowest BCUT2D eigenvalue weighted by atomic mass is 9.98. The lowest BCUT2D eigenvalue weighted by Crippen LogP contribution is -2.64. The van der Waals surface area contributed by atoms with Gasteiger partial charge in [0.1, 0.15) is 6.10 Å². The number of hydrogen-bond donors (Lipinski definition) is 2. The van der Waals surface area contributed by atoms with Gasteiger partial charge in [-0.25, -0.2) is 4.79 Å². The van der Waals surface area contributed by atoms with Gasteiger partial charge in [-0.05, 0) is 25.7 Å². The molecule has 16 heavy (non-hydrogen) atoms. The zero-order valence-corrected chi connectivity index (χ0v) is 9.48. The second-order valence-corrected chi connectivity index (χ2v) is 4.32. The summed E-state index contributed by atoms with van der Waals surface area (Å²) in [6.07, 6.45) is 5.79. The molecule has 4 N–H and O–H groups in total. The predicted octanol–water partition coefficient (Wildman–Crippen LogP) is 0.338. The molecule has 0 aliphatic heterocycles. The number of rotatable bonds is 5. The van der Waals surface area contributed by atoms with E-state index in [0.29, 0.717) is 0 Å². The van der Waals surface area contributed by atoms with Gasteiger partial charge in [-0.15, -0.1) is 0 Å². The molecular formula is C11H20NO4+. The molecule has 1 fully saturated rings. The molecule has 0 spiro atoms. The number of hydrogen-bond acceptors (Lipinski definition) is 3. The molecule has 0 heterocycles. The fourth-order valence-corrected chi connectivity index (χ4v) is 1.84. The molecule has 1 unspecified atom stereocenters. The first-order chi connectivity index (χ1) is 7.59. The highest BCUT2D eigenvalue weighted by atomic mass is 16.5. The maximum Gasteiger partial charge on any atom is 0.362 e. The van der Waals surface area contributed by atoms with Gasteiger partial charge >= 0.3 is 11.9 Å². The van der Waals surface area contributed by atoms with Crippen LogP contribution in [0.5, 0.6) is 0 Å². The average molecular weight is 230 g/mol. The Kier molecular flexibility index (Phi) is 5.25. The van der Waals surface area contributed by atoms with Crippen LogP contribution in [0.4, 0.5) is 0 Å². The lowest BCUT2D eigenvalue weighted by Gasteiger charge is -2.21. The van der Waals surface area contributed by atoms with Crippen molar-refractivity contribution in [2.24, 2.45) is 0 Å². The van der Waals surface area contributed by atoms with Crippen molar-refractivity contribution in [1.82, 2.24) is 0 Å². The molecular weight excluding hydrogens is 210 g/mol. The van der Waals surface area contributed by atoms with Crippen molar-refractivity contribution >= 4 is 11.9 Å². The smallest absolute Gasteiger partial charge is 0.362 e. The standard InChI is InChI=1S/C11H19NO4/c12-9(11(14)15)6-7-10(13)16-8-4-2-1-3-5-8/h8-9H,1-7,12H2,(H,14,15)/p+1. The molecule has 0 aromatic heterocycles. The third kappa shape index (κ3) is 4.61. The van der Waals surface area contributed by atoms with Crippen LogP contribution in [0.2, 0.25) is 0 Å². The van der Waals surface area contributed by atoms with Crippen LogP contribution >= 0.6 is 0 Å².